The van der Waals surface area contributed by atoms with Gasteiger partial charge in [-0.05, 0) is 37.1 Å². The van der Waals surface area contributed by atoms with E-state index in [-0.39, 0.29) is 5.75 Å². The number of halogens is 1. The molecule has 0 N–H and O–H groups in total. The molecular weight excluding hydrogens is 247 g/mol. The summed E-state index contributed by atoms with van der Waals surface area (Å²) in [6.45, 7) is 4.60. The van der Waals surface area contributed by atoms with Crippen LogP contribution in [0.4, 0.5) is 4.39 Å². The van der Waals surface area contributed by atoms with Gasteiger partial charge in [0.05, 0.1) is 13.2 Å². The molecule has 0 fully saturated rings. The normalized spacial score (nSPS) is 10.7. The molecule has 3 nitrogen and oxygen atoms in total. The Morgan fingerprint density at radius 1 is 1.37 bits per heavy atom. The predicted molar refractivity (Wildman–Crippen MR) is 72.5 cm³/mol. The molecule has 1 aromatic carbocycles. The predicted octanol–water partition coefficient (Wildman–Crippen LogP) is 3.58. The summed E-state index contributed by atoms with van der Waals surface area (Å²) in [5.41, 5.74) is 0.591. The van der Waals surface area contributed by atoms with Gasteiger partial charge >= 0.3 is 5.97 Å². The van der Waals surface area contributed by atoms with Crippen LogP contribution >= 0.6 is 0 Å². The number of carbonyl (C=O) groups is 1. The number of benzene rings is 1. The number of hydrogen-bond acceptors (Lipinski definition) is 3. The van der Waals surface area contributed by atoms with Gasteiger partial charge in [0, 0.05) is 6.08 Å². The highest BCUT2D eigenvalue weighted by molar-refractivity contribution is 5.87. The van der Waals surface area contributed by atoms with Crippen molar-refractivity contribution in [3.05, 3.63) is 35.7 Å². The first-order valence-electron chi connectivity index (χ1n) is 6.44. The second kappa shape index (κ2) is 8.29. The third kappa shape index (κ3) is 5.55. The van der Waals surface area contributed by atoms with Crippen LogP contribution in [0.5, 0.6) is 5.75 Å². The van der Waals surface area contributed by atoms with Crippen LogP contribution in [0.15, 0.2) is 24.3 Å². The molecule has 0 radical (unpaired) electrons. The Balaban J connectivity index is 2.63. The third-order valence-electron chi connectivity index (χ3n) is 2.41. The van der Waals surface area contributed by atoms with E-state index in [0.29, 0.717) is 18.8 Å². The Labute approximate surface area is 113 Å². The molecule has 104 valence electrons. The Hall–Kier alpha value is -1.84. The fraction of sp³-hybridized carbons (Fsp3) is 0.400. The SMILES string of the molecule is CCCCOc1ccc(/C=C/C(=O)OCC)cc1F. The molecule has 0 amide bonds. The summed E-state index contributed by atoms with van der Waals surface area (Å²) in [7, 11) is 0. The maximum Gasteiger partial charge on any atom is 0.330 e. The molecule has 0 aliphatic heterocycles. The van der Waals surface area contributed by atoms with Crippen LogP contribution in [0.1, 0.15) is 32.3 Å². The molecule has 0 bridgehead atoms. The monoisotopic (exact) mass is 266 g/mol. The van der Waals surface area contributed by atoms with Crippen LogP contribution in [0, 0.1) is 5.82 Å². The van der Waals surface area contributed by atoms with Gasteiger partial charge in [0.15, 0.2) is 11.6 Å². The summed E-state index contributed by atoms with van der Waals surface area (Å²) in [6.07, 6.45) is 4.68. The number of ether oxygens (including phenoxy) is 2. The van der Waals surface area contributed by atoms with Gasteiger partial charge in [0.2, 0.25) is 0 Å². The Kier molecular flexibility index (Phi) is 6.64. The Morgan fingerprint density at radius 2 is 2.16 bits per heavy atom. The van der Waals surface area contributed by atoms with Gasteiger partial charge in [-0.15, -0.1) is 0 Å². The molecular formula is C15H19FO3. The van der Waals surface area contributed by atoms with E-state index < -0.39 is 11.8 Å². The lowest BCUT2D eigenvalue weighted by Crippen LogP contribution is -1.99. The summed E-state index contributed by atoms with van der Waals surface area (Å²) in [5, 5.41) is 0. The van der Waals surface area contributed by atoms with Gasteiger partial charge in [-0.25, -0.2) is 9.18 Å². The summed E-state index contributed by atoms with van der Waals surface area (Å²) in [4.78, 5) is 11.1. The maximum atomic E-state index is 13.7. The van der Waals surface area contributed by atoms with Crippen molar-refractivity contribution in [1.82, 2.24) is 0 Å². The number of unbranched alkanes of at least 4 members (excludes halogenated alkanes) is 1. The molecule has 0 unspecified atom stereocenters. The summed E-state index contributed by atoms with van der Waals surface area (Å²) in [5.74, 6) is -0.630. The van der Waals surface area contributed by atoms with Crippen molar-refractivity contribution < 1.29 is 18.7 Å². The maximum absolute atomic E-state index is 13.7. The molecule has 0 heterocycles. The van der Waals surface area contributed by atoms with Crippen LogP contribution < -0.4 is 4.74 Å². The van der Waals surface area contributed by atoms with Gasteiger partial charge < -0.3 is 9.47 Å². The highest BCUT2D eigenvalue weighted by atomic mass is 19.1. The van der Waals surface area contributed by atoms with E-state index in [1.54, 1.807) is 19.1 Å². The van der Waals surface area contributed by atoms with Crippen molar-refractivity contribution in [3.8, 4) is 5.75 Å². The van der Waals surface area contributed by atoms with Crippen LogP contribution in [0.25, 0.3) is 6.08 Å². The van der Waals surface area contributed by atoms with Crippen molar-refractivity contribution >= 4 is 12.0 Å². The second-order valence-corrected chi connectivity index (χ2v) is 3.98. The van der Waals surface area contributed by atoms with Crippen molar-refractivity contribution in [2.24, 2.45) is 0 Å². The minimum Gasteiger partial charge on any atom is -0.491 e. The van der Waals surface area contributed by atoms with E-state index in [0.717, 1.165) is 12.8 Å². The summed E-state index contributed by atoms with van der Waals surface area (Å²) < 4.78 is 23.7. The van der Waals surface area contributed by atoms with Crippen molar-refractivity contribution in [3.63, 3.8) is 0 Å². The van der Waals surface area contributed by atoms with Crippen LogP contribution in [-0.4, -0.2) is 19.2 Å². The van der Waals surface area contributed by atoms with E-state index in [1.807, 2.05) is 6.92 Å². The van der Waals surface area contributed by atoms with E-state index in [1.165, 1.54) is 18.2 Å². The number of esters is 1. The molecule has 1 aromatic rings. The highest BCUT2D eigenvalue weighted by Crippen LogP contribution is 2.19. The van der Waals surface area contributed by atoms with Crippen LogP contribution in [0.2, 0.25) is 0 Å². The minimum absolute atomic E-state index is 0.238. The molecule has 0 aliphatic rings. The lowest BCUT2D eigenvalue weighted by atomic mass is 10.2. The summed E-state index contributed by atoms with van der Waals surface area (Å²) >= 11 is 0. The Morgan fingerprint density at radius 3 is 2.79 bits per heavy atom. The van der Waals surface area contributed by atoms with E-state index in [9.17, 15) is 9.18 Å². The molecule has 4 heteroatoms. The second-order valence-electron chi connectivity index (χ2n) is 3.98. The smallest absolute Gasteiger partial charge is 0.330 e. The number of carbonyl (C=O) groups excluding carboxylic acids is 1. The molecule has 0 saturated heterocycles. The first-order chi connectivity index (χ1) is 9.17. The minimum atomic E-state index is -0.439. The van der Waals surface area contributed by atoms with Crippen LogP contribution in [-0.2, 0) is 9.53 Å². The van der Waals surface area contributed by atoms with E-state index in [2.05, 4.69) is 0 Å². The standard InChI is InChI=1S/C15H19FO3/c1-3-5-10-19-14-8-6-12(11-13(14)16)7-9-15(17)18-4-2/h6-9,11H,3-5,10H2,1-2H3/b9-7+. The quantitative estimate of drug-likeness (QED) is 0.430. The largest absolute Gasteiger partial charge is 0.491 e. The average Bonchev–Trinajstić information content (AvgIpc) is 2.39. The van der Waals surface area contributed by atoms with Crippen molar-refractivity contribution in [2.45, 2.75) is 26.7 Å². The van der Waals surface area contributed by atoms with E-state index in [4.69, 9.17) is 9.47 Å². The zero-order valence-electron chi connectivity index (χ0n) is 11.3. The third-order valence-corrected chi connectivity index (χ3v) is 2.41. The zero-order valence-corrected chi connectivity index (χ0v) is 11.3. The molecule has 0 atom stereocenters. The lowest BCUT2D eigenvalue weighted by Gasteiger charge is -2.06. The Bertz CT molecular complexity index is 441. The van der Waals surface area contributed by atoms with Crippen LogP contribution in [0.3, 0.4) is 0 Å². The highest BCUT2D eigenvalue weighted by Gasteiger charge is 2.03. The zero-order chi connectivity index (χ0) is 14.1. The molecule has 0 saturated carbocycles. The molecule has 0 spiro atoms. The van der Waals surface area contributed by atoms with E-state index >= 15 is 0 Å². The molecule has 1 rings (SSSR count). The first-order valence-corrected chi connectivity index (χ1v) is 6.44. The fourth-order valence-electron chi connectivity index (χ4n) is 1.42. The molecule has 19 heavy (non-hydrogen) atoms. The van der Waals surface area contributed by atoms with Crippen molar-refractivity contribution in [1.29, 1.82) is 0 Å². The van der Waals surface area contributed by atoms with Crippen molar-refractivity contribution in [2.75, 3.05) is 13.2 Å². The molecule has 0 aliphatic carbocycles. The molecule has 0 aromatic heterocycles. The van der Waals surface area contributed by atoms with Gasteiger partial charge in [0.25, 0.3) is 0 Å². The van der Waals surface area contributed by atoms with Gasteiger partial charge in [-0.2, -0.15) is 0 Å². The summed E-state index contributed by atoms with van der Waals surface area (Å²) in [6, 6.07) is 4.59. The average molecular weight is 266 g/mol. The topological polar surface area (TPSA) is 35.5 Å². The number of hydrogen-bond donors (Lipinski definition) is 0. The lowest BCUT2D eigenvalue weighted by molar-refractivity contribution is -0.137. The van der Waals surface area contributed by atoms with Gasteiger partial charge in [-0.1, -0.05) is 19.4 Å². The van der Waals surface area contributed by atoms with Gasteiger partial charge in [-0.3, -0.25) is 0 Å². The number of rotatable bonds is 7. The first kappa shape index (κ1) is 15.2. The van der Waals surface area contributed by atoms with Gasteiger partial charge in [0.1, 0.15) is 0 Å². The fourth-order valence-corrected chi connectivity index (χ4v) is 1.42.